The lowest BCUT2D eigenvalue weighted by atomic mass is 10.0. The third-order valence-corrected chi connectivity index (χ3v) is 4.32. The first kappa shape index (κ1) is 16.9. The molecule has 1 aromatic rings. The molecular weight excluding hydrogens is 278 g/mol. The number of aryl methyl sites for hydroxylation is 1. The lowest BCUT2D eigenvalue weighted by molar-refractivity contribution is -0.123. The molecule has 0 radical (unpaired) electrons. The zero-order valence-corrected chi connectivity index (χ0v) is 13.6. The third kappa shape index (κ3) is 4.80. The molecule has 0 saturated carbocycles. The highest BCUT2D eigenvalue weighted by atomic mass is 16.3. The predicted molar refractivity (Wildman–Crippen MR) is 87.7 cm³/mol. The summed E-state index contributed by atoms with van der Waals surface area (Å²) in [7, 11) is 0. The van der Waals surface area contributed by atoms with Gasteiger partial charge < -0.3 is 15.3 Å². The Bertz CT molecular complexity index is 485. The molecule has 1 aromatic carbocycles. The molecule has 1 atom stereocenters. The van der Waals surface area contributed by atoms with E-state index in [2.05, 4.69) is 22.0 Å². The molecule has 5 heteroatoms. The van der Waals surface area contributed by atoms with Crippen LogP contribution in [-0.4, -0.2) is 66.6 Å². The number of nitrogens with one attached hydrogen (secondary N) is 1. The Morgan fingerprint density at radius 2 is 1.86 bits per heavy atom. The number of rotatable bonds is 6. The molecule has 122 valence electrons. The average molecular weight is 305 g/mol. The van der Waals surface area contributed by atoms with Gasteiger partial charge >= 0.3 is 0 Å². The van der Waals surface area contributed by atoms with E-state index in [9.17, 15) is 9.90 Å². The maximum atomic E-state index is 12.0. The fraction of sp³-hybridized carbons (Fsp3) is 0.588. The second kappa shape index (κ2) is 8.27. The molecule has 0 aliphatic carbocycles. The lowest BCUT2D eigenvalue weighted by Crippen LogP contribution is -2.49. The van der Waals surface area contributed by atoms with Crippen molar-refractivity contribution in [3.05, 3.63) is 35.4 Å². The number of likely N-dealkylation sites (N-methyl/N-ethyl adjacent to an activating group) is 1. The highest BCUT2D eigenvalue weighted by Gasteiger charge is 2.18. The lowest BCUT2D eigenvalue weighted by Gasteiger charge is -2.33. The van der Waals surface area contributed by atoms with Crippen LogP contribution in [0, 0.1) is 6.92 Å². The fourth-order valence-electron chi connectivity index (χ4n) is 2.80. The highest BCUT2D eigenvalue weighted by molar-refractivity contribution is 5.78. The molecule has 1 unspecified atom stereocenters. The van der Waals surface area contributed by atoms with Gasteiger partial charge in [0.25, 0.3) is 0 Å². The van der Waals surface area contributed by atoms with E-state index in [0.29, 0.717) is 6.54 Å². The van der Waals surface area contributed by atoms with Crippen molar-refractivity contribution in [2.75, 3.05) is 45.8 Å². The number of benzene rings is 1. The Kier molecular flexibility index (Phi) is 6.36. The minimum atomic E-state index is -0.651. The topological polar surface area (TPSA) is 55.8 Å². The van der Waals surface area contributed by atoms with Crippen LogP contribution < -0.4 is 5.32 Å². The Hall–Kier alpha value is -1.43. The summed E-state index contributed by atoms with van der Waals surface area (Å²) in [6.07, 6.45) is -0.651. The maximum Gasteiger partial charge on any atom is 0.234 e. The van der Waals surface area contributed by atoms with Crippen molar-refractivity contribution >= 4 is 5.91 Å². The normalized spacial score (nSPS) is 18.1. The van der Waals surface area contributed by atoms with Crippen molar-refractivity contribution in [3.8, 4) is 0 Å². The van der Waals surface area contributed by atoms with Gasteiger partial charge in [0, 0.05) is 32.7 Å². The number of hydrogen-bond acceptors (Lipinski definition) is 4. The van der Waals surface area contributed by atoms with Crippen LogP contribution in [0.25, 0.3) is 0 Å². The minimum Gasteiger partial charge on any atom is -0.387 e. The molecule has 1 heterocycles. The molecule has 2 N–H and O–H groups in total. The summed E-state index contributed by atoms with van der Waals surface area (Å²) in [6.45, 7) is 9.79. The van der Waals surface area contributed by atoms with Gasteiger partial charge in [-0.05, 0) is 24.6 Å². The van der Waals surface area contributed by atoms with Gasteiger partial charge in [-0.1, -0.05) is 31.2 Å². The molecule has 1 aliphatic heterocycles. The molecule has 0 aromatic heterocycles. The highest BCUT2D eigenvalue weighted by Crippen LogP contribution is 2.16. The molecule has 1 saturated heterocycles. The van der Waals surface area contributed by atoms with Crippen molar-refractivity contribution in [1.82, 2.24) is 15.1 Å². The summed E-state index contributed by atoms with van der Waals surface area (Å²) in [5.74, 6) is -0.0161. The number of nitrogens with zero attached hydrogens (tertiary/aromatic N) is 2. The van der Waals surface area contributed by atoms with Crippen molar-refractivity contribution in [1.29, 1.82) is 0 Å². The van der Waals surface area contributed by atoms with Gasteiger partial charge in [-0.3, -0.25) is 9.69 Å². The number of aliphatic hydroxyl groups excluding tert-OH is 1. The Balaban J connectivity index is 1.73. The number of hydrogen-bond donors (Lipinski definition) is 2. The predicted octanol–water partition coefficient (Wildman–Crippen LogP) is 0.782. The van der Waals surface area contributed by atoms with E-state index in [0.717, 1.165) is 43.9 Å². The summed E-state index contributed by atoms with van der Waals surface area (Å²) in [5, 5.41) is 13.0. The average Bonchev–Trinajstić information content (AvgIpc) is 2.54. The molecule has 22 heavy (non-hydrogen) atoms. The summed E-state index contributed by atoms with van der Waals surface area (Å²) < 4.78 is 0. The first-order chi connectivity index (χ1) is 10.6. The first-order valence-electron chi connectivity index (χ1n) is 8.05. The molecule has 0 bridgehead atoms. The number of amides is 1. The molecule has 0 spiro atoms. The summed E-state index contributed by atoms with van der Waals surface area (Å²) in [5.41, 5.74) is 1.92. The molecule has 2 rings (SSSR count). The maximum absolute atomic E-state index is 12.0. The van der Waals surface area contributed by atoms with Crippen LogP contribution >= 0.6 is 0 Å². The van der Waals surface area contributed by atoms with E-state index in [-0.39, 0.29) is 12.5 Å². The molecule has 5 nitrogen and oxygen atoms in total. The van der Waals surface area contributed by atoms with Crippen LogP contribution in [0.3, 0.4) is 0 Å². The van der Waals surface area contributed by atoms with Gasteiger partial charge in [-0.25, -0.2) is 0 Å². The van der Waals surface area contributed by atoms with Crippen LogP contribution in [0.4, 0.5) is 0 Å². The monoisotopic (exact) mass is 305 g/mol. The zero-order chi connectivity index (χ0) is 15.9. The standard InChI is InChI=1S/C17H27N3O2/c1-3-19-8-10-20(11-9-19)13-17(22)18-12-16(21)15-7-5-4-6-14(15)2/h4-7,16,21H,3,8-13H2,1-2H3,(H,18,22). The van der Waals surface area contributed by atoms with Crippen molar-refractivity contribution in [2.24, 2.45) is 0 Å². The van der Waals surface area contributed by atoms with Gasteiger partial charge in [-0.15, -0.1) is 0 Å². The quantitative estimate of drug-likeness (QED) is 0.816. The van der Waals surface area contributed by atoms with Crippen molar-refractivity contribution < 1.29 is 9.90 Å². The van der Waals surface area contributed by atoms with Crippen LogP contribution in [0.1, 0.15) is 24.2 Å². The zero-order valence-electron chi connectivity index (χ0n) is 13.6. The molecule has 1 aliphatic rings. The number of carbonyl (C=O) groups excluding carboxylic acids is 1. The second-order valence-corrected chi connectivity index (χ2v) is 5.89. The van der Waals surface area contributed by atoms with Gasteiger partial charge in [0.2, 0.25) is 5.91 Å². The summed E-state index contributed by atoms with van der Waals surface area (Å²) >= 11 is 0. The third-order valence-electron chi connectivity index (χ3n) is 4.32. The van der Waals surface area contributed by atoms with Gasteiger partial charge in [0.05, 0.1) is 12.6 Å². The van der Waals surface area contributed by atoms with Gasteiger partial charge in [-0.2, -0.15) is 0 Å². The van der Waals surface area contributed by atoms with E-state index in [1.54, 1.807) is 0 Å². The van der Waals surface area contributed by atoms with E-state index in [1.807, 2.05) is 31.2 Å². The Labute approximate surface area is 132 Å². The van der Waals surface area contributed by atoms with Crippen LogP contribution in [-0.2, 0) is 4.79 Å². The Morgan fingerprint density at radius 1 is 1.23 bits per heavy atom. The number of aliphatic hydroxyl groups is 1. The smallest absolute Gasteiger partial charge is 0.234 e. The van der Waals surface area contributed by atoms with Crippen LogP contribution in [0.2, 0.25) is 0 Å². The molecule has 1 fully saturated rings. The van der Waals surface area contributed by atoms with Gasteiger partial charge in [0.15, 0.2) is 0 Å². The molecular formula is C17H27N3O2. The number of piperazine rings is 1. The van der Waals surface area contributed by atoms with E-state index in [4.69, 9.17) is 0 Å². The largest absolute Gasteiger partial charge is 0.387 e. The second-order valence-electron chi connectivity index (χ2n) is 5.89. The first-order valence-corrected chi connectivity index (χ1v) is 8.05. The van der Waals surface area contributed by atoms with Crippen LogP contribution in [0.5, 0.6) is 0 Å². The van der Waals surface area contributed by atoms with E-state index < -0.39 is 6.10 Å². The summed E-state index contributed by atoms with van der Waals surface area (Å²) in [4.78, 5) is 16.6. The van der Waals surface area contributed by atoms with E-state index >= 15 is 0 Å². The van der Waals surface area contributed by atoms with Gasteiger partial charge in [0.1, 0.15) is 0 Å². The SMILES string of the molecule is CCN1CCN(CC(=O)NCC(O)c2ccccc2C)CC1. The van der Waals surface area contributed by atoms with Crippen LogP contribution in [0.15, 0.2) is 24.3 Å². The van der Waals surface area contributed by atoms with E-state index in [1.165, 1.54) is 0 Å². The molecule has 1 amide bonds. The fourth-order valence-corrected chi connectivity index (χ4v) is 2.80. The van der Waals surface area contributed by atoms with Crippen molar-refractivity contribution in [3.63, 3.8) is 0 Å². The number of carbonyl (C=O) groups is 1. The minimum absolute atomic E-state index is 0.0161. The summed E-state index contributed by atoms with van der Waals surface area (Å²) in [6, 6.07) is 7.71. The Morgan fingerprint density at radius 3 is 2.50 bits per heavy atom. The van der Waals surface area contributed by atoms with Crippen molar-refractivity contribution in [2.45, 2.75) is 20.0 Å².